The van der Waals surface area contributed by atoms with E-state index in [1.54, 1.807) is 12.1 Å². The van der Waals surface area contributed by atoms with Crippen molar-refractivity contribution in [3.05, 3.63) is 48.2 Å². The van der Waals surface area contributed by atoms with Crippen molar-refractivity contribution in [2.24, 2.45) is 0 Å². The zero-order valence-electron chi connectivity index (χ0n) is 10.1. The Kier molecular flexibility index (Phi) is 2.67. The number of furan rings is 1. The number of anilines is 1. The molecule has 0 aliphatic carbocycles. The van der Waals surface area contributed by atoms with Crippen molar-refractivity contribution in [1.82, 2.24) is 4.98 Å². The van der Waals surface area contributed by atoms with Crippen molar-refractivity contribution in [1.29, 1.82) is 0 Å². The van der Waals surface area contributed by atoms with Gasteiger partial charge in [-0.05, 0) is 30.3 Å². The van der Waals surface area contributed by atoms with E-state index < -0.39 is 11.7 Å². The van der Waals surface area contributed by atoms with E-state index >= 15 is 0 Å². The summed E-state index contributed by atoms with van der Waals surface area (Å²) < 4.78 is 44.2. The van der Waals surface area contributed by atoms with Gasteiger partial charge in [0.2, 0.25) is 0 Å². The lowest BCUT2D eigenvalue weighted by atomic mass is 10.1. The van der Waals surface area contributed by atoms with Crippen molar-refractivity contribution in [3.63, 3.8) is 0 Å². The van der Waals surface area contributed by atoms with Crippen LogP contribution < -0.4 is 5.73 Å². The molecule has 0 spiro atoms. The summed E-state index contributed by atoms with van der Waals surface area (Å²) in [7, 11) is 0. The standard InChI is InChI=1S/C14H9F3N2O/c15-14(16,17)10-2-1-3-12-9(10)7-13(20-12)11-6-8(18)4-5-19-11/h1-7H,(H2,18,19). The van der Waals surface area contributed by atoms with Crippen molar-refractivity contribution in [2.75, 3.05) is 5.73 Å². The predicted molar refractivity (Wildman–Crippen MR) is 68.9 cm³/mol. The Morgan fingerprint density at radius 3 is 2.60 bits per heavy atom. The molecule has 0 aliphatic rings. The van der Waals surface area contributed by atoms with Crippen LogP contribution >= 0.6 is 0 Å². The first-order valence-electron chi connectivity index (χ1n) is 5.77. The summed E-state index contributed by atoms with van der Waals surface area (Å²) in [6.45, 7) is 0. The van der Waals surface area contributed by atoms with Gasteiger partial charge in [0.05, 0.1) is 5.56 Å². The molecular formula is C14H9F3N2O. The van der Waals surface area contributed by atoms with Gasteiger partial charge < -0.3 is 10.2 Å². The number of alkyl halides is 3. The van der Waals surface area contributed by atoms with Gasteiger partial charge in [0.25, 0.3) is 0 Å². The molecule has 0 aliphatic heterocycles. The summed E-state index contributed by atoms with van der Waals surface area (Å²) in [4.78, 5) is 4.04. The van der Waals surface area contributed by atoms with Crippen molar-refractivity contribution >= 4 is 16.7 Å². The molecule has 3 aromatic rings. The van der Waals surface area contributed by atoms with Gasteiger partial charge in [-0.1, -0.05) is 6.07 Å². The highest BCUT2D eigenvalue weighted by Gasteiger charge is 2.33. The molecule has 20 heavy (non-hydrogen) atoms. The summed E-state index contributed by atoms with van der Waals surface area (Å²) >= 11 is 0. The number of nitrogens with two attached hydrogens (primary N) is 1. The van der Waals surface area contributed by atoms with Crippen molar-refractivity contribution in [2.45, 2.75) is 6.18 Å². The van der Waals surface area contributed by atoms with Crippen LogP contribution in [0.25, 0.3) is 22.4 Å². The SMILES string of the molecule is Nc1ccnc(-c2cc3c(C(F)(F)F)cccc3o2)c1. The van der Waals surface area contributed by atoms with E-state index in [-0.39, 0.29) is 16.7 Å². The highest BCUT2D eigenvalue weighted by Crippen LogP contribution is 2.37. The monoisotopic (exact) mass is 278 g/mol. The molecule has 2 N–H and O–H groups in total. The summed E-state index contributed by atoms with van der Waals surface area (Å²) in [6.07, 6.45) is -2.95. The Hall–Kier alpha value is -2.50. The van der Waals surface area contributed by atoms with Crippen LogP contribution in [0.5, 0.6) is 0 Å². The van der Waals surface area contributed by atoms with E-state index in [0.717, 1.165) is 6.07 Å². The molecule has 1 aromatic carbocycles. The fourth-order valence-corrected chi connectivity index (χ4v) is 2.02. The number of benzene rings is 1. The molecule has 2 aromatic heterocycles. The molecular weight excluding hydrogens is 269 g/mol. The number of nitrogen functional groups attached to an aromatic ring is 1. The van der Waals surface area contributed by atoms with Crippen molar-refractivity contribution < 1.29 is 17.6 Å². The van der Waals surface area contributed by atoms with E-state index in [4.69, 9.17) is 10.2 Å². The zero-order valence-corrected chi connectivity index (χ0v) is 10.1. The van der Waals surface area contributed by atoms with E-state index in [1.807, 2.05) is 0 Å². The maximum absolute atomic E-state index is 12.9. The van der Waals surface area contributed by atoms with Gasteiger partial charge in [0, 0.05) is 17.3 Å². The number of aromatic nitrogens is 1. The minimum absolute atomic E-state index is 0.0132. The van der Waals surface area contributed by atoms with Crippen LogP contribution in [-0.4, -0.2) is 4.98 Å². The second kappa shape index (κ2) is 4.26. The summed E-state index contributed by atoms with van der Waals surface area (Å²) in [6, 6.07) is 8.29. The number of hydrogen-bond donors (Lipinski definition) is 1. The molecule has 3 rings (SSSR count). The third-order valence-corrected chi connectivity index (χ3v) is 2.90. The van der Waals surface area contributed by atoms with Crippen LogP contribution in [0, 0.1) is 0 Å². The number of hydrogen-bond acceptors (Lipinski definition) is 3. The first-order valence-corrected chi connectivity index (χ1v) is 5.77. The van der Waals surface area contributed by atoms with Crippen LogP contribution in [0.1, 0.15) is 5.56 Å². The average Bonchev–Trinajstić information content (AvgIpc) is 2.81. The highest BCUT2D eigenvalue weighted by atomic mass is 19.4. The van der Waals surface area contributed by atoms with Crippen LogP contribution in [0.4, 0.5) is 18.9 Å². The fourth-order valence-electron chi connectivity index (χ4n) is 2.02. The van der Waals surface area contributed by atoms with Crippen LogP contribution in [0.2, 0.25) is 0 Å². The Labute approximate surface area is 111 Å². The summed E-state index contributed by atoms with van der Waals surface area (Å²) in [5.74, 6) is 0.254. The van der Waals surface area contributed by atoms with Gasteiger partial charge in [-0.3, -0.25) is 4.98 Å². The number of halogens is 3. The Bertz CT molecular complexity index is 777. The quantitative estimate of drug-likeness (QED) is 0.729. The molecule has 0 saturated heterocycles. The van der Waals surface area contributed by atoms with E-state index in [2.05, 4.69) is 4.98 Å². The molecule has 102 valence electrons. The molecule has 0 bridgehead atoms. The second-order valence-corrected chi connectivity index (χ2v) is 4.30. The van der Waals surface area contributed by atoms with Gasteiger partial charge in [-0.2, -0.15) is 13.2 Å². The molecule has 6 heteroatoms. The lowest BCUT2D eigenvalue weighted by molar-refractivity contribution is -0.136. The molecule has 3 nitrogen and oxygen atoms in total. The van der Waals surface area contributed by atoms with Gasteiger partial charge >= 0.3 is 6.18 Å². The number of rotatable bonds is 1. The largest absolute Gasteiger partial charge is 0.454 e. The Balaban J connectivity index is 2.21. The molecule has 0 fully saturated rings. The molecule has 2 heterocycles. The van der Waals surface area contributed by atoms with E-state index in [1.165, 1.54) is 24.4 Å². The van der Waals surface area contributed by atoms with E-state index in [0.29, 0.717) is 11.4 Å². The third kappa shape index (κ3) is 2.09. The first kappa shape index (κ1) is 12.5. The summed E-state index contributed by atoms with van der Waals surface area (Å²) in [5, 5.41) is 0.0132. The minimum atomic E-state index is -4.43. The first-order chi connectivity index (χ1) is 9.45. The number of nitrogens with zero attached hydrogens (tertiary/aromatic N) is 1. The number of pyridine rings is 1. The van der Waals surface area contributed by atoms with Crippen LogP contribution in [-0.2, 0) is 6.18 Å². The third-order valence-electron chi connectivity index (χ3n) is 2.90. The predicted octanol–water partition coefficient (Wildman–Crippen LogP) is 4.10. The average molecular weight is 278 g/mol. The van der Waals surface area contributed by atoms with Crippen molar-refractivity contribution in [3.8, 4) is 11.5 Å². The molecule has 0 radical (unpaired) electrons. The smallest absolute Gasteiger partial charge is 0.417 e. The van der Waals surface area contributed by atoms with Gasteiger partial charge in [-0.15, -0.1) is 0 Å². The molecule has 0 saturated carbocycles. The Morgan fingerprint density at radius 1 is 1.10 bits per heavy atom. The summed E-state index contributed by atoms with van der Waals surface area (Å²) in [5.41, 5.74) is 5.93. The maximum atomic E-state index is 12.9. The fraction of sp³-hybridized carbons (Fsp3) is 0.0714. The molecule has 0 atom stereocenters. The van der Waals surface area contributed by atoms with Crippen LogP contribution in [0.15, 0.2) is 47.0 Å². The number of fused-ring (bicyclic) bond motifs is 1. The highest BCUT2D eigenvalue weighted by molar-refractivity contribution is 5.86. The normalized spacial score (nSPS) is 11.9. The lowest BCUT2D eigenvalue weighted by Crippen LogP contribution is -2.04. The zero-order chi connectivity index (χ0) is 14.3. The lowest BCUT2D eigenvalue weighted by Gasteiger charge is -2.06. The Morgan fingerprint density at radius 2 is 1.90 bits per heavy atom. The molecule has 0 amide bonds. The van der Waals surface area contributed by atoms with Gasteiger partial charge in [0.1, 0.15) is 11.3 Å². The minimum Gasteiger partial charge on any atom is -0.454 e. The topological polar surface area (TPSA) is 52.0 Å². The molecule has 0 unspecified atom stereocenters. The van der Waals surface area contributed by atoms with Crippen LogP contribution in [0.3, 0.4) is 0 Å². The maximum Gasteiger partial charge on any atom is 0.417 e. The van der Waals surface area contributed by atoms with Gasteiger partial charge in [0.15, 0.2) is 5.76 Å². The van der Waals surface area contributed by atoms with E-state index in [9.17, 15) is 13.2 Å². The second-order valence-electron chi connectivity index (χ2n) is 4.30. The van der Waals surface area contributed by atoms with Gasteiger partial charge in [-0.25, -0.2) is 0 Å².